The van der Waals surface area contributed by atoms with Gasteiger partial charge in [0.05, 0.1) is 23.0 Å². The van der Waals surface area contributed by atoms with Crippen molar-refractivity contribution < 1.29 is 9.53 Å². The lowest BCUT2D eigenvalue weighted by Crippen LogP contribution is -2.16. The van der Waals surface area contributed by atoms with E-state index < -0.39 is 5.91 Å². The van der Waals surface area contributed by atoms with E-state index in [1.54, 1.807) is 36.1 Å². The number of para-hydroxylation sites is 2. The van der Waals surface area contributed by atoms with E-state index in [9.17, 15) is 4.79 Å². The number of amides is 1. The molecule has 24 heavy (non-hydrogen) atoms. The zero-order valence-electron chi connectivity index (χ0n) is 12.9. The average molecular weight is 343 g/mol. The van der Waals surface area contributed by atoms with Crippen LogP contribution in [0.25, 0.3) is 5.69 Å². The fraction of sp³-hybridized carbons (Fsp3) is 0.118. The van der Waals surface area contributed by atoms with Crippen molar-refractivity contribution in [3.8, 4) is 5.69 Å². The third-order valence-corrected chi connectivity index (χ3v) is 3.71. The first-order valence-electron chi connectivity index (χ1n) is 7.25. The molecule has 0 aliphatic heterocycles. The normalized spacial score (nSPS) is 10.6. The molecular weight excluding hydrogens is 328 g/mol. The predicted molar refractivity (Wildman–Crippen MR) is 91.5 cm³/mol. The lowest BCUT2D eigenvalue weighted by molar-refractivity contribution is 0.101. The van der Waals surface area contributed by atoms with Gasteiger partial charge < -0.3 is 10.1 Å². The third kappa shape index (κ3) is 3.29. The molecule has 0 saturated heterocycles. The summed E-state index contributed by atoms with van der Waals surface area (Å²) >= 11 is 6.08. The molecule has 2 aromatic carbocycles. The quantitative estimate of drug-likeness (QED) is 0.772. The predicted octanol–water partition coefficient (Wildman–Crippen LogP) is 3.32. The molecule has 3 aromatic rings. The monoisotopic (exact) mass is 342 g/mol. The summed E-state index contributed by atoms with van der Waals surface area (Å²) in [5.41, 5.74) is 2.07. The van der Waals surface area contributed by atoms with Gasteiger partial charge in [0.25, 0.3) is 5.91 Å². The van der Waals surface area contributed by atoms with E-state index in [4.69, 9.17) is 16.3 Å². The summed E-state index contributed by atoms with van der Waals surface area (Å²) in [7, 11) is 1.55. The molecule has 3 rings (SSSR count). The molecule has 0 unspecified atom stereocenters. The highest BCUT2D eigenvalue weighted by atomic mass is 35.5. The van der Waals surface area contributed by atoms with Crippen LogP contribution in [0.15, 0.2) is 54.6 Å². The van der Waals surface area contributed by atoms with Gasteiger partial charge in [-0.1, -0.05) is 47.1 Å². The Balaban J connectivity index is 1.94. The number of ether oxygens (including phenoxy) is 1. The van der Waals surface area contributed by atoms with Crippen LogP contribution in [0.2, 0.25) is 5.02 Å². The zero-order valence-corrected chi connectivity index (χ0v) is 13.7. The summed E-state index contributed by atoms with van der Waals surface area (Å²) < 4.78 is 6.79. The highest BCUT2D eigenvalue weighted by molar-refractivity contribution is 6.33. The van der Waals surface area contributed by atoms with Gasteiger partial charge in [-0.3, -0.25) is 4.79 Å². The van der Waals surface area contributed by atoms with Crippen molar-refractivity contribution >= 4 is 23.2 Å². The molecular formula is C17H15ClN4O2. The molecule has 0 aliphatic rings. The lowest BCUT2D eigenvalue weighted by atomic mass is 10.2. The van der Waals surface area contributed by atoms with Crippen LogP contribution < -0.4 is 5.32 Å². The molecule has 0 spiro atoms. The number of hydrogen-bond acceptors (Lipinski definition) is 4. The Kier molecular flexibility index (Phi) is 4.88. The molecule has 6 nitrogen and oxygen atoms in total. The number of halogens is 1. The number of carbonyl (C=O) groups is 1. The maximum Gasteiger partial charge on any atom is 0.278 e. The van der Waals surface area contributed by atoms with Gasteiger partial charge in [0.1, 0.15) is 5.69 Å². The molecule has 0 atom stereocenters. The van der Waals surface area contributed by atoms with Crippen LogP contribution in [0.4, 0.5) is 5.69 Å². The molecule has 1 aromatic heterocycles. The Morgan fingerprint density at radius 1 is 1.17 bits per heavy atom. The number of hydrogen-bond donors (Lipinski definition) is 1. The van der Waals surface area contributed by atoms with E-state index in [-0.39, 0.29) is 12.3 Å². The first-order valence-corrected chi connectivity index (χ1v) is 7.63. The van der Waals surface area contributed by atoms with Gasteiger partial charge in [0, 0.05) is 7.11 Å². The van der Waals surface area contributed by atoms with Crippen molar-refractivity contribution in [3.63, 3.8) is 0 Å². The van der Waals surface area contributed by atoms with Gasteiger partial charge in [-0.05, 0) is 24.3 Å². The van der Waals surface area contributed by atoms with Crippen LogP contribution in [-0.2, 0) is 11.3 Å². The van der Waals surface area contributed by atoms with Gasteiger partial charge in [-0.25, -0.2) is 4.68 Å². The van der Waals surface area contributed by atoms with Crippen LogP contribution in [0.5, 0.6) is 0 Å². The Morgan fingerprint density at radius 3 is 2.58 bits per heavy atom. The Hall–Kier alpha value is -2.70. The molecule has 7 heteroatoms. The van der Waals surface area contributed by atoms with E-state index in [0.717, 1.165) is 5.69 Å². The first kappa shape index (κ1) is 16.2. The largest absolute Gasteiger partial charge is 0.378 e. The maximum absolute atomic E-state index is 12.6. The molecule has 122 valence electrons. The van der Waals surface area contributed by atoms with Crippen LogP contribution >= 0.6 is 11.6 Å². The van der Waals surface area contributed by atoms with Gasteiger partial charge in [-0.15, -0.1) is 5.10 Å². The Labute approximate surface area is 144 Å². The summed E-state index contributed by atoms with van der Waals surface area (Å²) in [4.78, 5) is 12.6. The smallest absolute Gasteiger partial charge is 0.278 e. The minimum Gasteiger partial charge on any atom is -0.378 e. The second-order valence-electron chi connectivity index (χ2n) is 5.00. The van der Waals surface area contributed by atoms with Crippen LogP contribution in [0, 0.1) is 0 Å². The second-order valence-corrected chi connectivity index (χ2v) is 5.41. The second kappa shape index (κ2) is 7.25. The molecule has 0 saturated carbocycles. The number of rotatable bonds is 5. The van der Waals surface area contributed by atoms with Crippen molar-refractivity contribution in [1.29, 1.82) is 0 Å². The number of anilines is 1. The minimum absolute atomic E-state index is 0.195. The molecule has 0 aliphatic carbocycles. The van der Waals surface area contributed by atoms with Gasteiger partial charge in [0.15, 0.2) is 5.69 Å². The van der Waals surface area contributed by atoms with E-state index >= 15 is 0 Å². The van der Waals surface area contributed by atoms with E-state index in [1.165, 1.54) is 0 Å². The zero-order chi connectivity index (χ0) is 16.9. The molecule has 1 amide bonds. The SMILES string of the molecule is COCc1c(C(=O)Nc2ccccc2Cl)nnn1-c1ccccc1. The van der Waals surface area contributed by atoms with Crippen molar-refractivity contribution in [3.05, 3.63) is 71.0 Å². The molecule has 1 heterocycles. The standard InChI is InChI=1S/C17H15ClN4O2/c1-24-11-15-16(17(23)19-14-10-6-5-9-13(14)18)20-21-22(15)12-7-3-2-4-8-12/h2-10H,11H2,1H3,(H,19,23). The summed E-state index contributed by atoms with van der Waals surface area (Å²) in [6.45, 7) is 0.202. The molecule has 1 N–H and O–H groups in total. The van der Waals surface area contributed by atoms with Crippen LogP contribution in [-0.4, -0.2) is 28.0 Å². The van der Waals surface area contributed by atoms with E-state index in [0.29, 0.717) is 16.4 Å². The molecule has 0 fully saturated rings. The fourth-order valence-electron chi connectivity index (χ4n) is 2.26. The lowest BCUT2D eigenvalue weighted by Gasteiger charge is -2.08. The Bertz CT molecular complexity index is 849. The van der Waals surface area contributed by atoms with Crippen molar-refractivity contribution in [2.75, 3.05) is 12.4 Å². The average Bonchev–Trinajstić information content (AvgIpc) is 3.02. The number of benzene rings is 2. The number of nitrogens with zero attached hydrogens (tertiary/aromatic N) is 3. The first-order chi connectivity index (χ1) is 11.7. The van der Waals surface area contributed by atoms with Crippen molar-refractivity contribution in [1.82, 2.24) is 15.0 Å². The van der Waals surface area contributed by atoms with Crippen LogP contribution in [0.3, 0.4) is 0 Å². The minimum atomic E-state index is -0.391. The fourth-order valence-corrected chi connectivity index (χ4v) is 2.45. The maximum atomic E-state index is 12.6. The van der Waals surface area contributed by atoms with Crippen molar-refractivity contribution in [2.45, 2.75) is 6.61 Å². The highest BCUT2D eigenvalue weighted by Crippen LogP contribution is 2.22. The topological polar surface area (TPSA) is 69.0 Å². The van der Waals surface area contributed by atoms with Crippen LogP contribution in [0.1, 0.15) is 16.2 Å². The summed E-state index contributed by atoms with van der Waals surface area (Å²) in [5.74, 6) is -0.391. The summed E-state index contributed by atoms with van der Waals surface area (Å²) in [6.07, 6.45) is 0. The third-order valence-electron chi connectivity index (χ3n) is 3.38. The number of aromatic nitrogens is 3. The van der Waals surface area contributed by atoms with Gasteiger partial charge in [-0.2, -0.15) is 0 Å². The molecule has 0 radical (unpaired) electrons. The van der Waals surface area contributed by atoms with E-state index in [1.807, 2.05) is 30.3 Å². The summed E-state index contributed by atoms with van der Waals surface area (Å²) in [5, 5.41) is 11.3. The van der Waals surface area contributed by atoms with Gasteiger partial charge in [0.2, 0.25) is 0 Å². The van der Waals surface area contributed by atoms with Crippen molar-refractivity contribution in [2.24, 2.45) is 0 Å². The number of carbonyl (C=O) groups excluding carboxylic acids is 1. The highest BCUT2D eigenvalue weighted by Gasteiger charge is 2.21. The number of nitrogens with one attached hydrogen (secondary N) is 1. The molecule has 0 bridgehead atoms. The Morgan fingerprint density at radius 2 is 1.88 bits per heavy atom. The number of methoxy groups -OCH3 is 1. The van der Waals surface area contributed by atoms with Gasteiger partial charge >= 0.3 is 0 Å². The summed E-state index contributed by atoms with van der Waals surface area (Å²) in [6, 6.07) is 16.4. The van der Waals surface area contributed by atoms with E-state index in [2.05, 4.69) is 15.6 Å².